The van der Waals surface area contributed by atoms with Gasteiger partial charge < -0.3 is 10.5 Å². The molecule has 1 aromatic heterocycles. The fourth-order valence-corrected chi connectivity index (χ4v) is 4.46. The van der Waals surface area contributed by atoms with Crippen molar-refractivity contribution in [2.24, 2.45) is 5.73 Å². The summed E-state index contributed by atoms with van der Waals surface area (Å²) in [4.78, 5) is 31.1. The van der Waals surface area contributed by atoms with Gasteiger partial charge in [0.2, 0.25) is 5.91 Å². The molecule has 23 heavy (non-hydrogen) atoms. The van der Waals surface area contributed by atoms with Gasteiger partial charge in [0.05, 0.1) is 17.8 Å². The lowest BCUT2D eigenvalue weighted by atomic mass is 10.0. The molecule has 3 rings (SSSR count). The Morgan fingerprint density at radius 3 is 3.00 bits per heavy atom. The third-order valence-corrected chi connectivity index (χ3v) is 5.95. The van der Waals surface area contributed by atoms with Crippen LogP contribution in [0.5, 0.6) is 0 Å². The Kier molecular flexibility index (Phi) is 4.56. The maximum absolute atomic E-state index is 12.3. The van der Waals surface area contributed by atoms with Crippen molar-refractivity contribution < 1.29 is 14.3 Å². The number of thiazole rings is 1. The minimum Gasteiger partial charge on any atom is -0.461 e. The fourth-order valence-electron chi connectivity index (χ4n) is 2.50. The maximum Gasteiger partial charge on any atom is 0.355 e. The molecule has 1 fully saturated rings. The number of β-lactam (4-membered cyclic amide) rings is 1. The second-order valence-electron chi connectivity index (χ2n) is 5.17. The van der Waals surface area contributed by atoms with Crippen molar-refractivity contribution in [3.63, 3.8) is 0 Å². The SMILES string of the molecule is CCOC(=O)C1=C(/C=C\c2scnc2C)CSC2C(N)C(=O)N12. The van der Waals surface area contributed by atoms with Crippen LogP contribution in [0.25, 0.3) is 6.08 Å². The Balaban J connectivity index is 1.95. The summed E-state index contributed by atoms with van der Waals surface area (Å²) >= 11 is 3.09. The van der Waals surface area contributed by atoms with E-state index < -0.39 is 12.0 Å². The Morgan fingerprint density at radius 1 is 1.57 bits per heavy atom. The third-order valence-electron chi connectivity index (χ3n) is 3.73. The highest BCUT2D eigenvalue weighted by Gasteiger charge is 2.51. The number of nitrogens with zero attached hydrogens (tertiary/aromatic N) is 2. The van der Waals surface area contributed by atoms with E-state index in [0.717, 1.165) is 16.1 Å². The number of carbonyl (C=O) groups excluding carboxylic acids is 2. The average molecular weight is 351 g/mol. The van der Waals surface area contributed by atoms with Gasteiger partial charge in [0.1, 0.15) is 17.1 Å². The molecule has 3 heterocycles. The van der Waals surface area contributed by atoms with Crippen LogP contribution in [0.4, 0.5) is 0 Å². The van der Waals surface area contributed by atoms with Crippen molar-refractivity contribution in [2.45, 2.75) is 25.3 Å². The first-order valence-electron chi connectivity index (χ1n) is 7.23. The maximum atomic E-state index is 12.3. The smallest absolute Gasteiger partial charge is 0.355 e. The van der Waals surface area contributed by atoms with Crippen molar-refractivity contribution >= 4 is 41.1 Å². The lowest BCUT2D eigenvalue weighted by Gasteiger charge is -2.48. The van der Waals surface area contributed by atoms with Gasteiger partial charge in [-0.25, -0.2) is 9.78 Å². The molecule has 0 saturated carbocycles. The molecule has 1 amide bonds. The van der Waals surface area contributed by atoms with Gasteiger partial charge in [-0.05, 0) is 25.5 Å². The van der Waals surface area contributed by atoms with Crippen LogP contribution in [0, 0.1) is 6.92 Å². The molecule has 2 aliphatic rings. The minimum atomic E-state index is -0.543. The van der Waals surface area contributed by atoms with Crippen LogP contribution in [0.1, 0.15) is 17.5 Å². The molecule has 0 aromatic carbocycles. The van der Waals surface area contributed by atoms with Gasteiger partial charge in [0.15, 0.2) is 0 Å². The molecule has 2 N–H and O–H groups in total. The van der Waals surface area contributed by atoms with Gasteiger partial charge in [0, 0.05) is 10.6 Å². The highest BCUT2D eigenvalue weighted by molar-refractivity contribution is 8.00. The summed E-state index contributed by atoms with van der Waals surface area (Å²) in [5.41, 5.74) is 9.63. The minimum absolute atomic E-state index is 0.177. The molecule has 0 radical (unpaired) electrons. The molecule has 0 bridgehead atoms. The van der Waals surface area contributed by atoms with E-state index in [4.69, 9.17) is 10.5 Å². The Hall–Kier alpha value is -1.64. The molecule has 2 atom stereocenters. The van der Waals surface area contributed by atoms with Gasteiger partial charge >= 0.3 is 5.97 Å². The topological polar surface area (TPSA) is 85.5 Å². The van der Waals surface area contributed by atoms with E-state index in [9.17, 15) is 9.59 Å². The fraction of sp³-hybridized carbons (Fsp3) is 0.400. The lowest BCUT2D eigenvalue weighted by molar-refractivity contribution is -0.150. The third kappa shape index (κ3) is 2.82. The summed E-state index contributed by atoms with van der Waals surface area (Å²) in [5, 5.41) is -0.177. The Morgan fingerprint density at radius 2 is 2.35 bits per heavy atom. The molecular formula is C15H17N3O3S2. The van der Waals surface area contributed by atoms with Crippen LogP contribution in [0.2, 0.25) is 0 Å². The number of amides is 1. The lowest BCUT2D eigenvalue weighted by Crippen LogP contribution is -2.68. The van der Waals surface area contributed by atoms with Crippen LogP contribution < -0.4 is 5.73 Å². The van der Waals surface area contributed by atoms with E-state index in [0.29, 0.717) is 11.4 Å². The molecule has 1 saturated heterocycles. The number of hydrogen-bond donors (Lipinski definition) is 1. The molecule has 1 aromatic rings. The number of aryl methyl sites for hydroxylation is 1. The predicted molar refractivity (Wildman–Crippen MR) is 90.6 cm³/mol. The molecular weight excluding hydrogens is 334 g/mol. The zero-order chi connectivity index (χ0) is 16.6. The van der Waals surface area contributed by atoms with E-state index >= 15 is 0 Å². The monoisotopic (exact) mass is 351 g/mol. The van der Waals surface area contributed by atoms with Gasteiger partial charge in [-0.15, -0.1) is 23.1 Å². The van der Waals surface area contributed by atoms with Crippen molar-refractivity contribution in [3.8, 4) is 0 Å². The highest BCUT2D eigenvalue weighted by atomic mass is 32.2. The standard InChI is InChI=1S/C15H17N3O3S2/c1-3-21-15(20)12-9(4-5-10-8(2)17-7-23-10)6-22-14-11(16)13(19)18(12)14/h4-5,7,11,14H,3,6,16H2,1-2H3/b5-4-. The summed E-state index contributed by atoms with van der Waals surface area (Å²) in [6.07, 6.45) is 3.79. The van der Waals surface area contributed by atoms with E-state index in [2.05, 4.69) is 4.98 Å². The van der Waals surface area contributed by atoms with Crippen LogP contribution >= 0.6 is 23.1 Å². The van der Waals surface area contributed by atoms with Crippen LogP contribution in [-0.2, 0) is 14.3 Å². The number of hydrogen-bond acceptors (Lipinski definition) is 7. The van der Waals surface area contributed by atoms with Crippen molar-refractivity contribution in [3.05, 3.63) is 33.4 Å². The van der Waals surface area contributed by atoms with Gasteiger partial charge in [-0.2, -0.15) is 0 Å². The molecule has 122 valence electrons. The number of carbonyl (C=O) groups is 2. The van der Waals surface area contributed by atoms with E-state index in [1.54, 1.807) is 24.2 Å². The number of fused-ring (bicyclic) bond motifs is 1. The predicted octanol–water partition coefficient (Wildman–Crippen LogP) is 1.52. The summed E-state index contributed by atoms with van der Waals surface area (Å²) in [6, 6.07) is -0.543. The average Bonchev–Trinajstić information content (AvgIpc) is 2.96. The number of ether oxygens (including phenoxy) is 1. The highest BCUT2D eigenvalue weighted by Crippen LogP contribution is 2.40. The van der Waals surface area contributed by atoms with E-state index in [1.165, 1.54) is 16.2 Å². The quantitative estimate of drug-likeness (QED) is 0.654. The normalized spacial score (nSPS) is 24.0. The van der Waals surface area contributed by atoms with Gasteiger partial charge in [-0.3, -0.25) is 9.69 Å². The number of nitrogens with two attached hydrogens (primary N) is 1. The number of esters is 1. The number of rotatable bonds is 4. The Bertz CT molecular complexity index is 711. The van der Waals surface area contributed by atoms with Crippen LogP contribution in [-0.4, -0.2) is 45.5 Å². The molecule has 8 heteroatoms. The first-order chi connectivity index (χ1) is 11.0. The number of aromatic nitrogens is 1. The first-order valence-corrected chi connectivity index (χ1v) is 9.16. The number of allylic oxidation sites excluding steroid dienone is 1. The second-order valence-corrected chi connectivity index (χ2v) is 7.16. The van der Waals surface area contributed by atoms with Crippen molar-refractivity contribution in [1.82, 2.24) is 9.88 Å². The first kappa shape index (κ1) is 16.2. The van der Waals surface area contributed by atoms with Crippen molar-refractivity contribution in [2.75, 3.05) is 12.4 Å². The van der Waals surface area contributed by atoms with Crippen LogP contribution in [0.3, 0.4) is 0 Å². The van der Waals surface area contributed by atoms with Gasteiger partial charge in [-0.1, -0.05) is 6.08 Å². The molecule has 6 nitrogen and oxygen atoms in total. The molecule has 2 unspecified atom stereocenters. The summed E-state index contributed by atoms with van der Waals surface area (Å²) < 4.78 is 5.12. The van der Waals surface area contributed by atoms with E-state index in [1.807, 2.05) is 19.1 Å². The second kappa shape index (κ2) is 6.46. The molecule has 0 aliphatic carbocycles. The molecule has 0 spiro atoms. The summed E-state index contributed by atoms with van der Waals surface area (Å²) in [7, 11) is 0. The van der Waals surface area contributed by atoms with E-state index in [-0.39, 0.29) is 17.9 Å². The summed E-state index contributed by atoms with van der Waals surface area (Å²) in [5.74, 6) is -0.0890. The van der Waals surface area contributed by atoms with Gasteiger partial charge in [0.25, 0.3) is 0 Å². The Labute approximate surface area is 142 Å². The largest absolute Gasteiger partial charge is 0.461 e. The molecule has 2 aliphatic heterocycles. The zero-order valence-corrected chi connectivity index (χ0v) is 14.4. The summed E-state index contributed by atoms with van der Waals surface area (Å²) in [6.45, 7) is 3.94. The number of thioether (sulfide) groups is 1. The zero-order valence-electron chi connectivity index (χ0n) is 12.8. The van der Waals surface area contributed by atoms with Crippen LogP contribution in [0.15, 0.2) is 22.9 Å². The van der Waals surface area contributed by atoms with Crippen molar-refractivity contribution in [1.29, 1.82) is 0 Å².